The fourth-order valence-electron chi connectivity index (χ4n) is 2.29. The van der Waals surface area contributed by atoms with Crippen LogP contribution in [0.4, 0.5) is 4.79 Å². The van der Waals surface area contributed by atoms with Crippen LogP contribution in [-0.4, -0.2) is 47.6 Å². The highest BCUT2D eigenvalue weighted by atomic mass is 35.5. The van der Waals surface area contributed by atoms with Gasteiger partial charge in [-0.25, -0.2) is 4.79 Å². The minimum atomic E-state index is -2.26. The van der Waals surface area contributed by atoms with E-state index in [-0.39, 0.29) is 5.56 Å². The molecule has 21 heavy (non-hydrogen) atoms. The summed E-state index contributed by atoms with van der Waals surface area (Å²) < 4.78 is 0. The summed E-state index contributed by atoms with van der Waals surface area (Å²) in [5.41, 5.74) is 3.15. The van der Waals surface area contributed by atoms with Crippen LogP contribution in [0.25, 0.3) is 0 Å². The molecule has 1 fully saturated rings. The molecule has 1 heterocycles. The molecule has 8 heteroatoms. The van der Waals surface area contributed by atoms with Crippen LogP contribution in [0.2, 0.25) is 5.02 Å². The van der Waals surface area contributed by atoms with Crippen LogP contribution in [0.1, 0.15) is 5.56 Å². The summed E-state index contributed by atoms with van der Waals surface area (Å²) in [6.07, 6.45) is 0. The zero-order valence-corrected chi connectivity index (χ0v) is 12.0. The molecule has 110 valence electrons. The zero-order chi connectivity index (χ0) is 15.9. The third-order valence-corrected chi connectivity index (χ3v) is 3.72. The highest BCUT2D eigenvalue weighted by Gasteiger charge is 2.61. The number of barbiturate groups is 1. The summed E-state index contributed by atoms with van der Waals surface area (Å²) >= 11 is 5.77. The van der Waals surface area contributed by atoms with Crippen molar-refractivity contribution in [3.05, 3.63) is 34.9 Å². The van der Waals surface area contributed by atoms with Gasteiger partial charge in [-0.05, 0) is 17.7 Å². The van der Waals surface area contributed by atoms with Gasteiger partial charge in [0.1, 0.15) is 0 Å². The zero-order valence-electron chi connectivity index (χ0n) is 11.3. The number of carbonyl (C=O) groups excluding carboxylic acids is 4. The molecule has 2 rings (SSSR count). The molecule has 1 aliphatic heterocycles. The number of amides is 5. The molecule has 0 atom stereocenters. The van der Waals surface area contributed by atoms with Gasteiger partial charge in [0.05, 0.1) is 0 Å². The molecule has 0 saturated carbocycles. The molecule has 0 aromatic heterocycles. The van der Waals surface area contributed by atoms with Crippen molar-refractivity contribution in [2.75, 3.05) is 14.1 Å². The molecular formula is C13H12ClN3O4. The first-order valence-electron chi connectivity index (χ1n) is 5.90. The number of imide groups is 2. The molecule has 7 nitrogen and oxygen atoms in total. The second-order valence-electron chi connectivity index (χ2n) is 4.63. The smallest absolute Gasteiger partial charge is 0.332 e. The summed E-state index contributed by atoms with van der Waals surface area (Å²) in [7, 11) is 2.36. The lowest BCUT2D eigenvalue weighted by molar-refractivity contribution is -0.154. The van der Waals surface area contributed by atoms with E-state index in [9.17, 15) is 19.2 Å². The molecule has 1 aromatic rings. The van der Waals surface area contributed by atoms with E-state index in [0.717, 1.165) is 0 Å². The number of halogens is 1. The van der Waals surface area contributed by atoms with Crippen LogP contribution in [0.5, 0.6) is 0 Å². The number of urea groups is 1. The molecule has 0 aliphatic carbocycles. The molecule has 5 amide bonds. The van der Waals surface area contributed by atoms with Gasteiger partial charge in [-0.2, -0.15) is 0 Å². The van der Waals surface area contributed by atoms with Crippen molar-refractivity contribution in [1.29, 1.82) is 0 Å². The van der Waals surface area contributed by atoms with Gasteiger partial charge in [0.25, 0.3) is 11.8 Å². The third kappa shape index (κ3) is 1.89. The average Bonchev–Trinajstić information content (AvgIpc) is 2.45. The van der Waals surface area contributed by atoms with Crippen molar-refractivity contribution in [2.24, 2.45) is 5.73 Å². The number of nitrogens with zero attached hydrogens (tertiary/aromatic N) is 2. The highest BCUT2D eigenvalue weighted by Crippen LogP contribution is 2.33. The van der Waals surface area contributed by atoms with E-state index in [1.54, 1.807) is 0 Å². The van der Waals surface area contributed by atoms with Gasteiger partial charge in [-0.3, -0.25) is 24.2 Å². The van der Waals surface area contributed by atoms with E-state index in [1.807, 2.05) is 0 Å². The van der Waals surface area contributed by atoms with Gasteiger partial charge >= 0.3 is 6.03 Å². The molecule has 0 unspecified atom stereocenters. The van der Waals surface area contributed by atoms with Gasteiger partial charge in [-0.1, -0.05) is 23.7 Å². The topological polar surface area (TPSA) is 101 Å². The minimum absolute atomic E-state index is 0.0700. The predicted molar refractivity (Wildman–Crippen MR) is 73.3 cm³/mol. The van der Waals surface area contributed by atoms with Gasteiger partial charge in [-0.15, -0.1) is 0 Å². The van der Waals surface area contributed by atoms with E-state index in [2.05, 4.69) is 0 Å². The Morgan fingerprint density at radius 2 is 1.48 bits per heavy atom. The van der Waals surface area contributed by atoms with Crippen molar-refractivity contribution in [1.82, 2.24) is 9.80 Å². The molecule has 1 aliphatic rings. The van der Waals surface area contributed by atoms with Crippen molar-refractivity contribution in [2.45, 2.75) is 5.41 Å². The van der Waals surface area contributed by atoms with Crippen molar-refractivity contribution >= 4 is 35.4 Å². The Kier molecular flexibility index (Phi) is 3.46. The first-order chi connectivity index (χ1) is 9.74. The lowest BCUT2D eigenvalue weighted by Crippen LogP contribution is -2.69. The van der Waals surface area contributed by atoms with Crippen molar-refractivity contribution < 1.29 is 19.2 Å². The summed E-state index contributed by atoms with van der Waals surface area (Å²) in [6.45, 7) is 0. The third-order valence-electron chi connectivity index (χ3n) is 3.47. The first-order valence-corrected chi connectivity index (χ1v) is 6.28. The summed E-state index contributed by atoms with van der Waals surface area (Å²) in [5.74, 6) is -3.11. The standard InChI is InChI=1S/C13H12ClN3O4/c1-16-10(19)13(9(15)18,11(20)17(2)12(16)21)7-3-5-8(14)6-4-7/h3-6H,1-2H3,(H2,15,18). The Bertz CT molecular complexity index is 632. The second kappa shape index (κ2) is 4.85. The summed E-state index contributed by atoms with van der Waals surface area (Å²) in [4.78, 5) is 50.1. The van der Waals surface area contributed by atoms with Crippen molar-refractivity contribution in [3.8, 4) is 0 Å². The minimum Gasteiger partial charge on any atom is -0.368 e. The summed E-state index contributed by atoms with van der Waals surface area (Å²) in [6, 6.07) is 4.76. The highest BCUT2D eigenvalue weighted by molar-refractivity contribution is 6.34. The molecule has 1 saturated heterocycles. The number of rotatable bonds is 2. The van der Waals surface area contributed by atoms with E-state index in [0.29, 0.717) is 14.8 Å². The molecule has 0 radical (unpaired) electrons. The van der Waals surface area contributed by atoms with Crippen LogP contribution in [0.3, 0.4) is 0 Å². The van der Waals surface area contributed by atoms with Gasteiger partial charge < -0.3 is 5.73 Å². The Hall–Kier alpha value is -2.41. The Labute approximate surface area is 125 Å². The Morgan fingerprint density at radius 1 is 1.05 bits per heavy atom. The Morgan fingerprint density at radius 3 is 1.86 bits per heavy atom. The van der Waals surface area contributed by atoms with Gasteiger partial charge in [0.15, 0.2) is 0 Å². The van der Waals surface area contributed by atoms with Crippen LogP contribution in [-0.2, 0) is 19.8 Å². The lowest BCUT2D eigenvalue weighted by atomic mass is 9.76. The number of likely N-dealkylation sites (N-methyl/N-ethyl adjacent to an activating group) is 2. The Balaban J connectivity index is 2.74. The fourth-order valence-corrected chi connectivity index (χ4v) is 2.42. The number of hydrogen-bond donors (Lipinski definition) is 1. The normalized spacial score (nSPS) is 18.1. The van der Waals surface area contributed by atoms with Crippen LogP contribution >= 0.6 is 11.6 Å². The number of nitrogens with two attached hydrogens (primary N) is 1. The summed E-state index contributed by atoms with van der Waals surface area (Å²) in [5, 5.41) is 0.367. The monoisotopic (exact) mass is 309 g/mol. The largest absolute Gasteiger partial charge is 0.368 e. The van der Waals surface area contributed by atoms with E-state index >= 15 is 0 Å². The van der Waals surface area contributed by atoms with Crippen LogP contribution in [0.15, 0.2) is 24.3 Å². The van der Waals surface area contributed by atoms with Crippen molar-refractivity contribution in [3.63, 3.8) is 0 Å². The quantitative estimate of drug-likeness (QED) is 0.784. The maximum atomic E-state index is 12.5. The van der Waals surface area contributed by atoms with E-state index in [1.165, 1.54) is 38.4 Å². The average molecular weight is 310 g/mol. The number of carbonyl (C=O) groups is 4. The predicted octanol–water partition coefficient (Wildman–Crippen LogP) is 0.114. The molecule has 2 N–H and O–H groups in total. The fraction of sp³-hybridized carbons (Fsp3) is 0.231. The molecule has 0 bridgehead atoms. The van der Waals surface area contributed by atoms with Gasteiger partial charge in [0.2, 0.25) is 11.3 Å². The SMILES string of the molecule is CN1C(=O)N(C)C(=O)C(C(N)=O)(c2ccc(Cl)cc2)C1=O. The second-order valence-corrected chi connectivity index (χ2v) is 5.07. The first kappa shape index (κ1) is 15.0. The molecule has 0 spiro atoms. The lowest BCUT2D eigenvalue weighted by Gasteiger charge is -2.39. The van der Waals surface area contributed by atoms with Crippen LogP contribution in [0, 0.1) is 0 Å². The number of benzene rings is 1. The number of primary amides is 1. The maximum Gasteiger partial charge on any atom is 0.332 e. The number of hydrogen-bond acceptors (Lipinski definition) is 4. The molecular weight excluding hydrogens is 298 g/mol. The van der Waals surface area contributed by atoms with Crippen LogP contribution < -0.4 is 5.73 Å². The molecule has 1 aromatic carbocycles. The van der Waals surface area contributed by atoms with E-state index < -0.39 is 29.2 Å². The maximum absolute atomic E-state index is 12.5. The van der Waals surface area contributed by atoms with Gasteiger partial charge in [0, 0.05) is 19.1 Å². The van der Waals surface area contributed by atoms with E-state index in [4.69, 9.17) is 17.3 Å².